The van der Waals surface area contributed by atoms with Crippen molar-refractivity contribution in [3.63, 3.8) is 0 Å². The first kappa shape index (κ1) is 20.3. The van der Waals surface area contributed by atoms with E-state index in [1.165, 1.54) is 0 Å². The maximum Gasteiger partial charge on any atom is 0.235 e. The van der Waals surface area contributed by atoms with Crippen molar-refractivity contribution in [2.45, 2.75) is 13.5 Å². The highest BCUT2D eigenvalue weighted by molar-refractivity contribution is 5.79. The molecule has 0 unspecified atom stereocenters. The second kappa shape index (κ2) is 8.83. The highest BCUT2D eigenvalue weighted by Gasteiger charge is 2.16. The Bertz CT molecular complexity index is 1260. The molecule has 0 N–H and O–H groups in total. The molecule has 4 rings (SSSR count). The fourth-order valence-electron chi connectivity index (χ4n) is 3.18. The highest BCUT2D eigenvalue weighted by atomic mass is 16.5. The molecule has 0 aliphatic rings. The van der Waals surface area contributed by atoms with Crippen molar-refractivity contribution in [2.24, 2.45) is 0 Å². The Morgan fingerprint density at radius 1 is 0.839 bits per heavy atom. The van der Waals surface area contributed by atoms with Crippen LogP contribution < -0.4 is 24.4 Å². The van der Waals surface area contributed by atoms with Crippen molar-refractivity contribution >= 4 is 11.0 Å². The van der Waals surface area contributed by atoms with Crippen LogP contribution in [0.4, 0.5) is 0 Å². The van der Waals surface area contributed by atoms with Gasteiger partial charge in [-0.05, 0) is 48.9 Å². The minimum absolute atomic E-state index is 0.129. The first-order valence-electron chi connectivity index (χ1n) is 9.73. The van der Waals surface area contributed by atoms with E-state index in [0.717, 1.165) is 11.3 Å². The van der Waals surface area contributed by atoms with Gasteiger partial charge in [0.25, 0.3) is 0 Å². The molecular formula is C25H22O6. The van der Waals surface area contributed by atoms with E-state index in [0.29, 0.717) is 40.6 Å². The summed E-state index contributed by atoms with van der Waals surface area (Å²) in [5.74, 6) is 2.87. The van der Waals surface area contributed by atoms with Gasteiger partial charge in [-0.1, -0.05) is 24.3 Å². The fraction of sp³-hybridized carbons (Fsp3) is 0.160. The molecular weight excluding hydrogens is 396 g/mol. The summed E-state index contributed by atoms with van der Waals surface area (Å²) in [6, 6.07) is 19.9. The zero-order valence-corrected chi connectivity index (χ0v) is 17.5. The van der Waals surface area contributed by atoms with Crippen LogP contribution in [0.25, 0.3) is 11.0 Å². The van der Waals surface area contributed by atoms with Crippen LogP contribution >= 0.6 is 0 Å². The van der Waals surface area contributed by atoms with Crippen molar-refractivity contribution in [1.82, 2.24) is 0 Å². The van der Waals surface area contributed by atoms with Crippen LogP contribution in [0.1, 0.15) is 11.3 Å². The highest BCUT2D eigenvalue weighted by Crippen LogP contribution is 2.32. The molecule has 1 aromatic heterocycles. The molecule has 0 fully saturated rings. The predicted octanol–water partition coefficient (Wildman–Crippen LogP) is 5.49. The molecule has 158 valence electrons. The van der Waals surface area contributed by atoms with E-state index in [-0.39, 0.29) is 11.2 Å². The number of rotatable bonds is 7. The number of aryl methyl sites for hydroxylation is 1. The fourth-order valence-corrected chi connectivity index (χ4v) is 3.18. The molecule has 31 heavy (non-hydrogen) atoms. The molecule has 6 heteroatoms. The molecule has 0 amide bonds. The Kier molecular flexibility index (Phi) is 5.80. The summed E-state index contributed by atoms with van der Waals surface area (Å²) in [6.07, 6.45) is 0. The van der Waals surface area contributed by atoms with Crippen LogP contribution in [0, 0.1) is 6.92 Å². The quantitative estimate of drug-likeness (QED) is 0.395. The molecule has 0 radical (unpaired) electrons. The molecule has 0 aliphatic carbocycles. The number of para-hydroxylation sites is 2. The number of ether oxygens (including phenoxy) is 4. The number of hydrogen-bond acceptors (Lipinski definition) is 6. The summed E-state index contributed by atoms with van der Waals surface area (Å²) in [6.45, 7) is 2.07. The minimum Gasteiger partial charge on any atom is -0.497 e. The first-order valence-corrected chi connectivity index (χ1v) is 9.73. The first-order chi connectivity index (χ1) is 15.1. The van der Waals surface area contributed by atoms with Gasteiger partial charge in [0, 0.05) is 6.07 Å². The monoisotopic (exact) mass is 418 g/mol. The minimum atomic E-state index is -0.258. The molecule has 0 bridgehead atoms. The van der Waals surface area contributed by atoms with Gasteiger partial charge in [0.15, 0.2) is 11.5 Å². The number of fused-ring (bicyclic) bond motifs is 1. The van der Waals surface area contributed by atoms with E-state index in [9.17, 15) is 4.79 Å². The van der Waals surface area contributed by atoms with Crippen LogP contribution in [0.5, 0.6) is 28.7 Å². The Morgan fingerprint density at radius 3 is 2.26 bits per heavy atom. The lowest BCUT2D eigenvalue weighted by Gasteiger charge is -2.12. The van der Waals surface area contributed by atoms with E-state index in [1.807, 2.05) is 36.4 Å². The van der Waals surface area contributed by atoms with Crippen LogP contribution in [0.15, 0.2) is 75.9 Å². The Morgan fingerprint density at radius 2 is 1.55 bits per heavy atom. The lowest BCUT2D eigenvalue weighted by molar-refractivity contribution is 0.306. The molecule has 0 aliphatic heterocycles. The Balaban J connectivity index is 1.59. The van der Waals surface area contributed by atoms with Gasteiger partial charge in [-0.15, -0.1) is 0 Å². The molecule has 4 aromatic rings. The lowest BCUT2D eigenvalue weighted by atomic mass is 10.2. The summed E-state index contributed by atoms with van der Waals surface area (Å²) < 4.78 is 28.0. The van der Waals surface area contributed by atoms with E-state index in [2.05, 4.69) is 0 Å². The van der Waals surface area contributed by atoms with Gasteiger partial charge in [0.1, 0.15) is 29.4 Å². The summed E-state index contributed by atoms with van der Waals surface area (Å²) >= 11 is 0. The van der Waals surface area contributed by atoms with Gasteiger partial charge in [0.2, 0.25) is 11.2 Å². The number of methoxy groups -OCH3 is 2. The van der Waals surface area contributed by atoms with Gasteiger partial charge < -0.3 is 23.4 Å². The molecule has 3 aromatic carbocycles. The smallest absolute Gasteiger partial charge is 0.235 e. The van der Waals surface area contributed by atoms with Crippen LogP contribution in [0.3, 0.4) is 0 Å². The topological polar surface area (TPSA) is 67.1 Å². The van der Waals surface area contributed by atoms with Crippen molar-refractivity contribution in [1.29, 1.82) is 0 Å². The van der Waals surface area contributed by atoms with E-state index in [4.69, 9.17) is 23.4 Å². The average molecular weight is 418 g/mol. The van der Waals surface area contributed by atoms with Crippen LogP contribution in [-0.4, -0.2) is 14.2 Å². The average Bonchev–Trinajstić information content (AvgIpc) is 2.80. The van der Waals surface area contributed by atoms with Crippen molar-refractivity contribution in [2.75, 3.05) is 14.2 Å². The van der Waals surface area contributed by atoms with Gasteiger partial charge in [-0.25, -0.2) is 0 Å². The predicted molar refractivity (Wildman–Crippen MR) is 118 cm³/mol. The Hall–Kier alpha value is -3.93. The van der Waals surface area contributed by atoms with Crippen LogP contribution in [-0.2, 0) is 6.61 Å². The van der Waals surface area contributed by atoms with Gasteiger partial charge >= 0.3 is 0 Å². The van der Waals surface area contributed by atoms with Crippen molar-refractivity contribution in [3.8, 4) is 28.7 Å². The van der Waals surface area contributed by atoms with Crippen LogP contribution in [0.2, 0.25) is 0 Å². The molecule has 0 atom stereocenters. The Labute approximate surface area is 179 Å². The summed E-state index contributed by atoms with van der Waals surface area (Å²) in [7, 11) is 3.18. The summed E-state index contributed by atoms with van der Waals surface area (Å²) in [4.78, 5) is 13.0. The van der Waals surface area contributed by atoms with Gasteiger partial charge in [-0.2, -0.15) is 0 Å². The third-order valence-electron chi connectivity index (χ3n) is 4.83. The zero-order valence-electron chi connectivity index (χ0n) is 17.5. The maximum atomic E-state index is 13.0. The van der Waals surface area contributed by atoms with E-state index >= 15 is 0 Å². The van der Waals surface area contributed by atoms with Crippen molar-refractivity contribution < 1.29 is 23.4 Å². The van der Waals surface area contributed by atoms with E-state index in [1.54, 1.807) is 51.5 Å². The largest absolute Gasteiger partial charge is 0.497 e. The number of hydrogen-bond donors (Lipinski definition) is 0. The molecule has 0 spiro atoms. The third-order valence-corrected chi connectivity index (χ3v) is 4.83. The molecule has 0 saturated heterocycles. The molecule has 0 saturated carbocycles. The molecule has 1 heterocycles. The van der Waals surface area contributed by atoms with Gasteiger partial charge in [0.05, 0.1) is 19.6 Å². The third kappa shape index (κ3) is 4.33. The second-order valence-corrected chi connectivity index (χ2v) is 6.86. The summed E-state index contributed by atoms with van der Waals surface area (Å²) in [5, 5.41) is 0.410. The zero-order chi connectivity index (χ0) is 21.8. The molecule has 6 nitrogen and oxygen atoms in total. The SMILES string of the molecule is COc1ccc(COc2ccc3c(=O)c(Oc4ccccc4OC)c(C)oc3c2)cc1. The standard InChI is InChI=1S/C25H22O6/c1-16-25(31-22-7-5-4-6-21(22)28-3)24(26)20-13-12-19(14-23(20)30-16)29-15-17-8-10-18(27-2)11-9-17/h4-14H,15H2,1-3H3. The summed E-state index contributed by atoms with van der Waals surface area (Å²) in [5.41, 5.74) is 1.17. The maximum absolute atomic E-state index is 13.0. The number of benzene rings is 3. The van der Waals surface area contributed by atoms with Gasteiger partial charge in [-0.3, -0.25) is 4.79 Å². The second-order valence-electron chi connectivity index (χ2n) is 6.86. The van der Waals surface area contributed by atoms with Crippen molar-refractivity contribution in [3.05, 3.63) is 88.3 Å². The normalized spacial score (nSPS) is 10.7. The lowest BCUT2D eigenvalue weighted by Crippen LogP contribution is -2.08. The van der Waals surface area contributed by atoms with E-state index < -0.39 is 0 Å².